The van der Waals surface area contributed by atoms with Crippen LogP contribution in [0.15, 0.2) is 82.3 Å². The summed E-state index contributed by atoms with van der Waals surface area (Å²) in [5.74, 6) is -1.44. The lowest BCUT2D eigenvalue weighted by molar-refractivity contribution is -0.438. The molecule has 0 saturated carbocycles. The Morgan fingerprint density at radius 1 is 0.710 bits per heavy atom. The quantitative estimate of drug-likeness (QED) is 0.0342. The lowest BCUT2D eigenvalue weighted by Gasteiger charge is -2.30. The maximum absolute atomic E-state index is 12.3. The van der Waals surface area contributed by atoms with Crippen molar-refractivity contribution in [3.05, 3.63) is 83.6 Å². The summed E-state index contributed by atoms with van der Waals surface area (Å²) < 4.78 is 139. The minimum absolute atomic E-state index is 0.00127. The third-order valence-electron chi connectivity index (χ3n) is 12.1. The number of anilines is 1. The van der Waals surface area contributed by atoms with E-state index in [0.717, 1.165) is 11.4 Å². The molecule has 2 unspecified atom stereocenters. The highest BCUT2D eigenvalue weighted by molar-refractivity contribution is 7.86. The topological polar surface area (TPSA) is 265 Å². The van der Waals surface area contributed by atoms with Crippen molar-refractivity contribution in [2.24, 2.45) is 0 Å². The number of rotatable bonds is 34. The van der Waals surface area contributed by atoms with Gasteiger partial charge < -0.3 is 43.0 Å². The molecule has 0 aliphatic carbocycles. The molecule has 0 radical (unpaired) electrons. The molecular formula is C47H68N2O17S3. The maximum Gasteiger partial charge on any atom is 0.303 e. The number of carbonyl (C=O) groups is 1. The van der Waals surface area contributed by atoms with Gasteiger partial charge in [-0.25, -0.2) is 8.42 Å². The van der Waals surface area contributed by atoms with E-state index in [2.05, 4.69) is 0 Å². The normalized spacial score (nSPS) is 19.2. The summed E-state index contributed by atoms with van der Waals surface area (Å²) in [4.78, 5) is 12.5. The van der Waals surface area contributed by atoms with Crippen molar-refractivity contribution in [3.8, 4) is 0 Å². The van der Waals surface area contributed by atoms with E-state index in [-0.39, 0.29) is 35.7 Å². The largest absolute Gasteiger partial charge is 0.744 e. The van der Waals surface area contributed by atoms with Gasteiger partial charge in [0.25, 0.3) is 20.2 Å². The molecule has 0 amide bonds. The van der Waals surface area contributed by atoms with Crippen LogP contribution in [0.2, 0.25) is 0 Å². The van der Waals surface area contributed by atoms with Crippen LogP contribution in [0, 0.1) is 0 Å². The smallest absolute Gasteiger partial charge is 0.303 e. The number of methoxy groups -OCH3 is 1. The van der Waals surface area contributed by atoms with Crippen molar-refractivity contribution >= 4 is 53.4 Å². The van der Waals surface area contributed by atoms with Gasteiger partial charge in [-0.05, 0) is 94.8 Å². The number of allylic oxidation sites excluding steroid dienone is 6. The molecule has 69 heavy (non-hydrogen) atoms. The van der Waals surface area contributed by atoms with E-state index >= 15 is 0 Å². The number of fused-ring (bicyclic) bond motifs is 2. The Balaban J connectivity index is 1.54. The average molecular weight is 1030 g/mol. The molecule has 386 valence electrons. The number of benzene rings is 2. The summed E-state index contributed by atoms with van der Waals surface area (Å²) in [5, 5.41) is 9.16. The molecule has 2 aliphatic rings. The number of hydrogen-bond donors (Lipinski definition) is 3. The van der Waals surface area contributed by atoms with Crippen LogP contribution in [0.3, 0.4) is 0 Å². The van der Waals surface area contributed by atoms with Gasteiger partial charge in [-0.1, -0.05) is 18.2 Å². The van der Waals surface area contributed by atoms with Gasteiger partial charge in [0.05, 0.1) is 87.0 Å². The summed E-state index contributed by atoms with van der Waals surface area (Å²) in [7, 11) is -12.1. The molecule has 2 aliphatic heterocycles. The standard InChI is InChI=1S/C47H68N2O17S3/c1-5-48-41-18-16-37(68(55,56)57)35-39(41)47(3,21-23-62-26-27-64-30-31-66-33-32-65-29-28-63-25-24-61-4)43(48)13-8-6-9-14-44-46(2,20-12-34-67(52,53)54)40-36-38(69(58,59)60)17-19-42(40)49(44)22-11-7-10-15-45(50)51/h6,8-9,13-14,16-19,35-36H,5,7,10-12,15,20-34H2,1-4H3,(H3-,50,51,52,53,54,55,56,57,58,59,60). The van der Waals surface area contributed by atoms with E-state index < -0.39 is 52.9 Å². The Labute approximate surface area is 407 Å². The third kappa shape index (κ3) is 17.1. The SMILES string of the molecule is CCN1/C(=C/C=C/C=C/C2=[N+](CCCCCC(=O)O)c3ccc(S(=O)(=O)O)cc3C2(C)CCCS(=O)(=O)O)C(C)(CCOCCOCCOCCOCCOCCOC)c2cc(S(=O)(=O)[O-])ccc21. The van der Waals surface area contributed by atoms with Crippen LogP contribution in [0.4, 0.5) is 11.4 Å². The zero-order valence-electron chi connectivity index (χ0n) is 39.9. The van der Waals surface area contributed by atoms with Gasteiger partial charge in [0.15, 0.2) is 5.71 Å². The van der Waals surface area contributed by atoms with Crippen LogP contribution in [0.25, 0.3) is 0 Å². The Morgan fingerprint density at radius 3 is 1.84 bits per heavy atom. The summed E-state index contributed by atoms with van der Waals surface area (Å²) >= 11 is 0. The number of nitrogens with zero attached hydrogens (tertiary/aromatic N) is 2. The fourth-order valence-electron chi connectivity index (χ4n) is 8.58. The van der Waals surface area contributed by atoms with E-state index in [1.165, 1.54) is 24.3 Å². The number of hydrogen-bond acceptors (Lipinski definition) is 15. The van der Waals surface area contributed by atoms with E-state index in [9.17, 15) is 43.7 Å². The number of likely N-dealkylation sites (N-methyl/N-ethyl adjacent to an activating group) is 1. The van der Waals surface area contributed by atoms with Crippen LogP contribution in [-0.4, -0.2) is 159 Å². The molecule has 2 aromatic rings. The fraction of sp³-hybridized carbons (Fsp3) is 0.574. The van der Waals surface area contributed by atoms with Crippen LogP contribution < -0.4 is 4.90 Å². The predicted molar refractivity (Wildman–Crippen MR) is 257 cm³/mol. The Hall–Kier alpha value is -3.91. The molecule has 0 fully saturated rings. The van der Waals surface area contributed by atoms with Gasteiger partial charge in [-0.3, -0.25) is 13.9 Å². The van der Waals surface area contributed by atoms with Gasteiger partial charge in [0.1, 0.15) is 16.7 Å². The molecular weight excluding hydrogens is 961 g/mol. The molecule has 19 nitrogen and oxygen atoms in total. The second kappa shape index (κ2) is 27.1. The number of carboxylic acid groups (broad SMARTS) is 1. The second-order valence-corrected chi connectivity index (χ2v) is 21.3. The number of unbranched alkanes of at least 4 members (excludes halogenated alkanes) is 2. The molecule has 22 heteroatoms. The average Bonchev–Trinajstić information content (AvgIpc) is 3.65. The van der Waals surface area contributed by atoms with Crippen molar-refractivity contribution in [2.45, 2.75) is 86.3 Å². The summed E-state index contributed by atoms with van der Waals surface area (Å²) in [6.07, 6.45) is 11.3. The minimum atomic E-state index is -4.77. The molecule has 0 saturated heterocycles. The highest BCUT2D eigenvalue weighted by atomic mass is 32.2. The Bertz CT molecular complexity index is 2490. The first-order chi connectivity index (χ1) is 32.7. The molecule has 0 bridgehead atoms. The van der Waals surface area contributed by atoms with Gasteiger partial charge in [0.2, 0.25) is 5.69 Å². The fourth-order valence-corrected chi connectivity index (χ4v) is 10.1. The molecule has 4 rings (SSSR count). The summed E-state index contributed by atoms with van der Waals surface area (Å²) in [6, 6.07) is 8.60. The monoisotopic (exact) mass is 1030 g/mol. The first-order valence-corrected chi connectivity index (χ1v) is 27.4. The van der Waals surface area contributed by atoms with Gasteiger partial charge in [-0.15, -0.1) is 0 Å². The van der Waals surface area contributed by atoms with Crippen LogP contribution in [0.5, 0.6) is 0 Å². The molecule has 0 aromatic heterocycles. The molecule has 0 spiro atoms. The Kier molecular flexibility index (Phi) is 22.6. The predicted octanol–water partition coefficient (Wildman–Crippen LogP) is 5.42. The van der Waals surface area contributed by atoms with Gasteiger partial charge >= 0.3 is 5.97 Å². The lowest BCUT2D eigenvalue weighted by Crippen LogP contribution is -2.32. The van der Waals surface area contributed by atoms with Gasteiger partial charge in [0, 0.05) is 67.6 Å². The third-order valence-corrected chi connectivity index (χ3v) is 14.6. The number of aliphatic carboxylic acids is 1. The summed E-state index contributed by atoms with van der Waals surface area (Å²) in [5.41, 5.74) is 2.26. The summed E-state index contributed by atoms with van der Waals surface area (Å²) in [6.45, 7) is 11.1. The van der Waals surface area contributed by atoms with Crippen molar-refractivity contribution in [1.29, 1.82) is 0 Å². The maximum atomic E-state index is 12.3. The van der Waals surface area contributed by atoms with Crippen LogP contribution in [-0.2, 0) is 74.4 Å². The second-order valence-electron chi connectivity index (χ2n) is 16.9. The minimum Gasteiger partial charge on any atom is -0.744 e. The van der Waals surface area contributed by atoms with E-state index in [1.54, 1.807) is 31.4 Å². The van der Waals surface area contributed by atoms with E-state index in [1.807, 2.05) is 48.5 Å². The van der Waals surface area contributed by atoms with Gasteiger partial charge in [-0.2, -0.15) is 21.4 Å². The molecule has 2 aromatic carbocycles. The molecule has 2 atom stereocenters. The lowest BCUT2D eigenvalue weighted by atomic mass is 9.76. The van der Waals surface area contributed by atoms with E-state index in [0.29, 0.717) is 127 Å². The first-order valence-electron chi connectivity index (χ1n) is 22.9. The van der Waals surface area contributed by atoms with Crippen LogP contribution in [0.1, 0.15) is 76.8 Å². The molecule has 3 N–H and O–H groups in total. The van der Waals surface area contributed by atoms with Crippen molar-refractivity contribution < 1.29 is 81.8 Å². The number of carboxylic acids is 1. The highest BCUT2D eigenvalue weighted by Gasteiger charge is 2.48. The zero-order chi connectivity index (χ0) is 50.7. The van der Waals surface area contributed by atoms with E-state index in [4.69, 9.17) is 33.5 Å². The van der Waals surface area contributed by atoms with Crippen molar-refractivity contribution in [1.82, 2.24) is 0 Å². The zero-order valence-corrected chi connectivity index (χ0v) is 42.3. The highest BCUT2D eigenvalue weighted by Crippen LogP contribution is 2.50. The first kappa shape index (κ1) is 57.7. The van der Waals surface area contributed by atoms with Crippen LogP contribution >= 0.6 is 0 Å². The number of ether oxygens (including phenoxy) is 6. The van der Waals surface area contributed by atoms with Crippen molar-refractivity contribution in [2.75, 3.05) is 104 Å². The Morgan fingerprint density at radius 2 is 1.29 bits per heavy atom. The molecule has 2 heterocycles. The van der Waals surface area contributed by atoms with Crippen molar-refractivity contribution in [3.63, 3.8) is 0 Å².